The highest BCUT2D eigenvalue weighted by molar-refractivity contribution is 5.76. The van der Waals surface area contributed by atoms with Crippen molar-refractivity contribution < 1.29 is 9.42 Å². The van der Waals surface area contributed by atoms with E-state index in [0.717, 1.165) is 23.7 Å². The number of aromatic nitrogens is 2. The van der Waals surface area contributed by atoms with Crippen LogP contribution < -0.4 is 9.42 Å². The molecule has 3 heteroatoms. The van der Waals surface area contributed by atoms with E-state index < -0.39 is 0 Å². The molecule has 1 aliphatic rings. The minimum atomic E-state index is 0.677. The second-order valence-corrected chi connectivity index (χ2v) is 7.62. The van der Waals surface area contributed by atoms with E-state index in [2.05, 4.69) is 84.1 Å². The van der Waals surface area contributed by atoms with E-state index >= 15 is 0 Å². The standard InChI is InChI=1S/C24H29N2O/c1-25-22(20-14-8-4-9-15-20)24(27-18-19-12-6-3-7-13-19)23(26(25)2)21-16-10-5-11-17-21/h4-5,8-11,14-17,19H,3,6-7,12-13,18H2,1-2H3/q+1. The molecule has 4 rings (SSSR count). The Bertz CT molecular complexity index is 815. The van der Waals surface area contributed by atoms with Crippen LogP contribution in [0.4, 0.5) is 0 Å². The predicted molar refractivity (Wildman–Crippen MR) is 110 cm³/mol. The van der Waals surface area contributed by atoms with E-state index in [9.17, 15) is 0 Å². The molecule has 0 bridgehead atoms. The van der Waals surface area contributed by atoms with Crippen LogP contribution >= 0.6 is 0 Å². The lowest BCUT2D eigenvalue weighted by Crippen LogP contribution is -2.39. The third-order valence-electron chi connectivity index (χ3n) is 5.81. The summed E-state index contributed by atoms with van der Waals surface area (Å²) in [5.74, 6) is 1.68. The Morgan fingerprint density at radius 2 is 1.48 bits per heavy atom. The molecule has 0 radical (unpaired) electrons. The van der Waals surface area contributed by atoms with Crippen LogP contribution in [0.5, 0.6) is 5.75 Å². The van der Waals surface area contributed by atoms with Crippen molar-refractivity contribution in [2.24, 2.45) is 20.0 Å². The Morgan fingerprint density at radius 3 is 2.11 bits per heavy atom. The van der Waals surface area contributed by atoms with Gasteiger partial charge in [0, 0.05) is 5.56 Å². The minimum absolute atomic E-state index is 0.677. The summed E-state index contributed by atoms with van der Waals surface area (Å²) in [6.45, 7) is 0.809. The highest BCUT2D eigenvalue weighted by Crippen LogP contribution is 2.38. The third-order valence-corrected chi connectivity index (χ3v) is 5.81. The molecule has 3 aromatic rings. The molecule has 3 nitrogen and oxygen atoms in total. The minimum Gasteiger partial charge on any atom is -0.485 e. The van der Waals surface area contributed by atoms with Crippen LogP contribution in [-0.2, 0) is 14.1 Å². The highest BCUT2D eigenvalue weighted by atomic mass is 16.5. The number of hydrogen-bond acceptors (Lipinski definition) is 1. The van der Waals surface area contributed by atoms with Crippen molar-refractivity contribution in [3.63, 3.8) is 0 Å². The molecule has 2 aromatic carbocycles. The van der Waals surface area contributed by atoms with Gasteiger partial charge in [0.2, 0.25) is 5.75 Å². The van der Waals surface area contributed by atoms with Gasteiger partial charge in [-0.3, -0.25) is 0 Å². The summed E-state index contributed by atoms with van der Waals surface area (Å²) in [6, 6.07) is 21.2. The predicted octanol–water partition coefficient (Wildman–Crippen LogP) is 5.14. The Hall–Kier alpha value is -2.55. The maximum Gasteiger partial charge on any atom is 0.280 e. The van der Waals surface area contributed by atoms with Gasteiger partial charge in [-0.15, -0.1) is 4.68 Å². The SMILES string of the molecule is Cn1c(-c2ccccc2)c(OCC2CCCCC2)c(-c2ccccc2)[n+]1C. The molecule has 0 aliphatic heterocycles. The quantitative estimate of drug-likeness (QED) is 0.575. The van der Waals surface area contributed by atoms with Gasteiger partial charge >= 0.3 is 0 Å². The fourth-order valence-electron chi connectivity index (χ4n) is 4.23. The van der Waals surface area contributed by atoms with E-state index in [0.29, 0.717) is 5.92 Å². The molecule has 1 saturated carbocycles. The lowest BCUT2D eigenvalue weighted by Gasteiger charge is -2.21. The molecule has 1 aromatic heterocycles. The normalized spacial score (nSPS) is 15.0. The molecule has 140 valence electrons. The van der Waals surface area contributed by atoms with E-state index in [1.165, 1.54) is 43.2 Å². The topological polar surface area (TPSA) is 18.0 Å². The second kappa shape index (κ2) is 7.99. The zero-order valence-electron chi connectivity index (χ0n) is 16.4. The lowest BCUT2D eigenvalue weighted by molar-refractivity contribution is -0.740. The fraction of sp³-hybridized carbons (Fsp3) is 0.375. The summed E-state index contributed by atoms with van der Waals surface area (Å²) in [7, 11) is 4.23. The van der Waals surface area contributed by atoms with Gasteiger partial charge in [0.25, 0.3) is 5.69 Å². The summed E-state index contributed by atoms with van der Waals surface area (Å²) in [5, 5.41) is 0. The average molecular weight is 362 g/mol. The van der Waals surface area contributed by atoms with Crippen molar-refractivity contribution in [3.8, 4) is 28.3 Å². The van der Waals surface area contributed by atoms with E-state index in [1.807, 2.05) is 0 Å². The van der Waals surface area contributed by atoms with Crippen molar-refractivity contribution in [2.45, 2.75) is 32.1 Å². The van der Waals surface area contributed by atoms with Crippen LogP contribution in [0.15, 0.2) is 60.7 Å². The second-order valence-electron chi connectivity index (χ2n) is 7.62. The number of ether oxygens (including phenoxy) is 1. The summed E-state index contributed by atoms with van der Waals surface area (Å²) >= 11 is 0. The Kier molecular flexibility index (Phi) is 5.28. The summed E-state index contributed by atoms with van der Waals surface area (Å²) in [6.07, 6.45) is 6.64. The maximum atomic E-state index is 6.58. The summed E-state index contributed by atoms with van der Waals surface area (Å²) < 4.78 is 11.0. The molecular formula is C24H29N2O+. The Labute approximate surface area is 162 Å². The maximum absolute atomic E-state index is 6.58. The molecule has 0 unspecified atom stereocenters. The molecule has 0 N–H and O–H groups in total. The van der Waals surface area contributed by atoms with Crippen LogP contribution in [0, 0.1) is 5.92 Å². The molecule has 1 aliphatic carbocycles. The van der Waals surface area contributed by atoms with Crippen LogP contribution in [0.3, 0.4) is 0 Å². The van der Waals surface area contributed by atoms with Gasteiger partial charge in [-0.1, -0.05) is 67.8 Å². The number of hydrogen-bond donors (Lipinski definition) is 0. The first-order chi connectivity index (χ1) is 13.3. The van der Waals surface area contributed by atoms with Gasteiger partial charge in [-0.25, -0.2) is 0 Å². The molecule has 0 atom stereocenters. The first kappa shape index (κ1) is 17.8. The van der Waals surface area contributed by atoms with Gasteiger partial charge in [0.15, 0.2) is 12.7 Å². The van der Waals surface area contributed by atoms with Gasteiger partial charge < -0.3 is 4.74 Å². The fourth-order valence-corrected chi connectivity index (χ4v) is 4.23. The molecule has 1 heterocycles. The highest BCUT2D eigenvalue weighted by Gasteiger charge is 2.30. The van der Waals surface area contributed by atoms with Crippen LogP contribution in [-0.4, -0.2) is 11.3 Å². The zero-order valence-corrected chi connectivity index (χ0v) is 16.4. The van der Waals surface area contributed by atoms with Crippen molar-refractivity contribution in [1.29, 1.82) is 0 Å². The van der Waals surface area contributed by atoms with Gasteiger partial charge in [-0.2, -0.15) is 4.68 Å². The smallest absolute Gasteiger partial charge is 0.280 e. The third kappa shape index (κ3) is 3.64. The summed E-state index contributed by atoms with van der Waals surface area (Å²) in [4.78, 5) is 0. The van der Waals surface area contributed by atoms with Crippen molar-refractivity contribution in [2.75, 3.05) is 6.61 Å². The van der Waals surface area contributed by atoms with Crippen LogP contribution in [0.25, 0.3) is 22.5 Å². The molecule has 0 amide bonds. The van der Waals surface area contributed by atoms with E-state index in [-0.39, 0.29) is 0 Å². The van der Waals surface area contributed by atoms with Crippen LogP contribution in [0.2, 0.25) is 0 Å². The van der Waals surface area contributed by atoms with E-state index in [4.69, 9.17) is 4.74 Å². The number of rotatable bonds is 5. The van der Waals surface area contributed by atoms with Gasteiger partial charge in [-0.05, 0) is 30.9 Å². The van der Waals surface area contributed by atoms with Crippen molar-refractivity contribution in [3.05, 3.63) is 60.7 Å². The van der Waals surface area contributed by atoms with Crippen molar-refractivity contribution >= 4 is 0 Å². The molecule has 1 fully saturated rings. The average Bonchev–Trinajstić information content (AvgIpc) is 2.98. The molecular weight excluding hydrogens is 332 g/mol. The largest absolute Gasteiger partial charge is 0.485 e. The monoisotopic (exact) mass is 361 g/mol. The summed E-state index contributed by atoms with van der Waals surface area (Å²) in [5.41, 5.74) is 4.67. The lowest BCUT2D eigenvalue weighted by atomic mass is 9.90. The van der Waals surface area contributed by atoms with Crippen LogP contribution in [0.1, 0.15) is 32.1 Å². The zero-order chi connectivity index (χ0) is 18.6. The van der Waals surface area contributed by atoms with Gasteiger partial charge in [0.05, 0.1) is 19.2 Å². The Morgan fingerprint density at radius 1 is 0.889 bits per heavy atom. The number of benzene rings is 2. The van der Waals surface area contributed by atoms with E-state index in [1.54, 1.807) is 0 Å². The molecule has 0 spiro atoms. The first-order valence-electron chi connectivity index (χ1n) is 10.1. The van der Waals surface area contributed by atoms with Gasteiger partial charge in [0.1, 0.15) is 0 Å². The first-order valence-corrected chi connectivity index (χ1v) is 10.1. The molecule has 27 heavy (non-hydrogen) atoms. The van der Waals surface area contributed by atoms with Crippen molar-refractivity contribution in [1.82, 2.24) is 4.68 Å². The number of nitrogens with zero attached hydrogens (tertiary/aromatic N) is 2. The Balaban J connectivity index is 1.78. The molecule has 0 saturated heterocycles.